The number of hydrogen-bond donors (Lipinski definition) is 0. The number of aromatic nitrogens is 2. The SMILES string of the molecule is CC1(C)c2ccccc2C2(c3ccccc3-n3c4ccc(-c5ccccc5)cc4c4cc(-c5ccccc5)cc2c43)c2ccccc21.CC1(C)c2ccccc2C2(c3ccccc3-n3c4ccccc4c4cccc2c43)c2ccccc21. The average Bonchev–Trinajstić information content (AvgIpc) is 2.69. The molecule has 4 heterocycles. The van der Waals surface area contributed by atoms with Crippen molar-refractivity contribution in [2.75, 3.05) is 0 Å². The second kappa shape index (κ2) is 16.9. The molecule has 0 amide bonds. The van der Waals surface area contributed by atoms with E-state index in [0.29, 0.717) is 0 Å². The summed E-state index contributed by atoms with van der Waals surface area (Å²) in [5, 5.41) is 5.22. The highest BCUT2D eigenvalue weighted by molar-refractivity contribution is 6.15. The molecule has 14 aromatic rings. The zero-order valence-corrected chi connectivity index (χ0v) is 46.5. The Balaban J connectivity index is 0.000000136. The quantitative estimate of drug-likeness (QED) is 0.163. The molecule has 0 radical (unpaired) electrons. The summed E-state index contributed by atoms with van der Waals surface area (Å²) in [4.78, 5) is 0. The van der Waals surface area contributed by atoms with Crippen LogP contribution in [0, 0.1) is 0 Å². The van der Waals surface area contributed by atoms with Crippen LogP contribution in [-0.2, 0) is 21.7 Å². The van der Waals surface area contributed by atoms with E-state index in [-0.39, 0.29) is 16.2 Å². The lowest BCUT2D eigenvalue weighted by atomic mass is 9.53. The molecule has 0 saturated heterocycles. The van der Waals surface area contributed by atoms with Crippen LogP contribution in [0.1, 0.15) is 94.5 Å². The Kier molecular flexibility index (Phi) is 9.70. The monoisotopic (exact) mass is 1050 g/mol. The van der Waals surface area contributed by atoms with E-state index in [1.165, 1.54) is 144 Å². The van der Waals surface area contributed by atoms with Crippen LogP contribution in [0.2, 0.25) is 0 Å². The van der Waals surface area contributed by atoms with Crippen molar-refractivity contribution in [3.05, 3.63) is 346 Å². The van der Waals surface area contributed by atoms with Crippen molar-refractivity contribution in [3.8, 4) is 33.6 Å². The van der Waals surface area contributed by atoms with Crippen LogP contribution in [0.4, 0.5) is 0 Å². The van der Waals surface area contributed by atoms with Gasteiger partial charge < -0.3 is 9.13 Å². The maximum atomic E-state index is 2.55. The van der Waals surface area contributed by atoms with Crippen LogP contribution in [0.15, 0.2) is 279 Å². The average molecular weight is 1050 g/mol. The highest BCUT2D eigenvalue weighted by atomic mass is 15.0. The minimum Gasteiger partial charge on any atom is -0.309 e. The number of hydrogen-bond acceptors (Lipinski definition) is 0. The van der Waals surface area contributed by atoms with Gasteiger partial charge in [-0.1, -0.05) is 264 Å². The summed E-state index contributed by atoms with van der Waals surface area (Å²) >= 11 is 0. The van der Waals surface area contributed by atoms with Crippen molar-refractivity contribution in [1.29, 1.82) is 0 Å². The zero-order chi connectivity index (χ0) is 54.7. The smallest absolute Gasteiger partial charge is 0.0748 e. The third-order valence-electron chi connectivity index (χ3n) is 19.7. The van der Waals surface area contributed by atoms with Crippen molar-refractivity contribution in [1.82, 2.24) is 9.13 Å². The number of para-hydroxylation sites is 4. The standard InChI is InChI=1S/C46H33N.C34H25N/c1-45(2)36-19-9-11-21-38(36)46(39-22-12-10-20-37(39)45)40-23-13-14-24-43(40)47-42-26-25-32(30-15-5-3-6-16-30)27-34(42)35-28-33(29-41(46)44(35)47)31-17-7-4-8-18-31;1-33(2)24-14-4-6-16-26(24)34(27-17-7-5-15-25(27)33)28-18-8-10-21-31(28)35-30-20-9-3-12-22(30)23-13-11-19-29(34)32(23)35/h3-29H,1-2H3;3-21H,1-2H3. The number of nitrogens with zero attached hydrogens (tertiary/aromatic N) is 2. The molecule has 0 N–H and O–H groups in total. The van der Waals surface area contributed by atoms with E-state index >= 15 is 0 Å². The Bertz CT molecular complexity index is 4890. The molecule has 388 valence electrons. The predicted molar refractivity (Wildman–Crippen MR) is 340 cm³/mol. The van der Waals surface area contributed by atoms with Crippen molar-refractivity contribution in [3.63, 3.8) is 0 Å². The van der Waals surface area contributed by atoms with Gasteiger partial charge in [-0.25, -0.2) is 0 Å². The molecule has 2 aliphatic carbocycles. The molecule has 4 aliphatic rings. The summed E-state index contributed by atoms with van der Waals surface area (Å²) < 4.78 is 5.06. The Morgan fingerprint density at radius 3 is 1.11 bits per heavy atom. The molecule has 2 aliphatic heterocycles. The van der Waals surface area contributed by atoms with Gasteiger partial charge >= 0.3 is 0 Å². The fraction of sp³-hybridized carbons (Fsp3) is 0.100. The summed E-state index contributed by atoms with van der Waals surface area (Å²) in [6.07, 6.45) is 0. The van der Waals surface area contributed by atoms with E-state index < -0.39 is 5.41 Å². The minimum atomic E-state index is -0.491. The second-order valence-corrected chi connectivity index (χ2v) is 24.2. The van der Waals surface area contributed by atoms with E-state index in [9.17, 15) is 0 Å². The summed E-state index contributed by atoms with van der Waals surface area (Å²) in [5.74, 6) is 0. The van der Waals surface area contributed by atoms with Crippen LogP contribution in [0.3, 0.4) is 0 Å². The zero-order valence-electron chi connectivity index (χ0n) is 46.5. The van der Waals surface area contributed by atoms with Crippen LogP contribution in [0.25, 0.3) is 77.2 Å². The molecule has 0 saturated carbocycles. The molecule has 18 rings (SSSR count). The van der Waals surface area contributed by atoms with Crippen LogP contribution in [-0.4, -0.2) is 9.13 Å². The fourth-order valence-electron chi connectivity index (χ4n) is 16.3. The molecule has 12 aromatic carbocycles. The topological polar surface area (TPSA) is 9.86 Å². The Morgan fingerprint density at radius 1 is 0.220 bits per heavy atom. The molecule has 0 fully saturated rings. The number of rotatable bonds is 2. The molecule has 82 heavy (non-hydrogen) atoms. The van der Waals surface area contributed by atoms with E-state index in [4.69, 9.17) is 0 Å². The van der Waals surface area contributed by atoms with Crippen LogP contribution < -0.4 is 0 Å². The van der Waals surface area contributed by atoms with E-state index in [0.717, 1.165) is 0 Å². The largest absolute Gasteiger partial charge is 0.309 e. The highest BCUT2D eigenvalue weighted by Crippen LogP contribution is 2.63. The molecule has 2 spiro atoms. The van der Waals surface area contributed by atoms with E-state index in [2.05, 4.69) is 316 Å². The molecular weight excluding hydrogens is 989 g/mol. The third kappa shape index (κ3) is 5.93. The van der Waals surface area contributed by atoms with Gasteiger partial charge in [0.25, 0.3) is 0 Å². The van der Waals surface area contributed by atoms with Gasteiger partial charge in [0, 0.05) is 32.4 Å². The lowest BCUT2D eigenvalue weighted by Gasteiger charge is -2.50. The second-order valence-electron chi connectivity index (χ2n) is 24.2. The molecule has 2 aromatic heterocycles. The number of fused-ring (bicyclic) bond motifs is 22. The van der Waals surface area contributed by atoms with Gasteiger partial charge in [-0.05, 0) is 131 Å². The summed E-state index contributed by atoms with van der Waals surface area (Å²) in [5.41, 5.74) is 28.1. The van der Waals surface area contributed by atoms with Gasteiger partial charge in [0.05, 0.1) is 44.3 Å². The lowest BCUT2D eigenvalue weighted by molar-refractivity contribution is 0.556. The van der Waals surface area contributed by atoms with Gasteiger partial charge in [0.2, 0.25) is 0 Å². The van der Waals surface area contributed by atoms with Crippen molar-refractivity contribution in [2.24, 2.45) is 0 Å². The molecule has 0 atom stereocenters. The van der Waals surface area contributed by atoms with Gasteiger partial charge in [0.1, 0.15) is 0 Å². The van der Waals surface area contributed by atoms with Crippen LogP contribution in [0.5, 0.6) is 0 Å². The molecule has 2 nitrogen and oxygen atoms in total. The Hall–Kier alpha value is -9.76. The minimum absolute atomic E-state index is 0.0779. The van der Waals surface area contributed by atoms with Gasteiger partial charge in [0.15, 0.2) is 0 Å². The molecule has 0 unspecified atom stereocenters. The van der Waals surface area contributed by atoms with Crippen molar-refractivity contribution < 1.29 is 0 Å². The summed E-state index contributed by atoms with van der Waals surface area (Å²) in [7, 11) is 0. The maximum absolute atomic E-state index is 2.55. The van der Waals surface area contributed by atoms with E-state index in [1.807, 2.05) is 0 Å². The Morgan fingerprint density at radius 2 is 0.585 bits per heavy atom. The fourth-order valence-corrected chi connectivity index (χ4v) is 16.3. The Labute approximate surface area is 478 Å². The molecular formula is C80H58N2. The molecule has 2 heteroatoms. The van der Waals surface area contributed by atoms with E-state index in [1.54, 1.807) is 0 Å². The first kappa shape index (κ1) is 47.1. The van der Waals surface area contributed by atoms with Crippen molar-refractivity contribution >= 4 is 43.6 Å². The first-order valence-electron chi connectivity index (χ1n) is 29.1. The predicted octanol–water partition coefficient (Wildman–Crippen LogP) is 19.6. The lowest BCUT2D eigenvalue weighted by Crippen LogP contribution is -2.43. The van der Waals surface area contributed by atoms with Crippen LogP contribution >= 0.6 is 0 Å². The van der Waals surface area contributed by atoms with Gasteiger partial charge in [-0.15, -0.1) is 0 Å². The first-order chi connectivity index (χ1) is 40.2. The third-order valence-corrected chi connectivity index (χ3v) is 19.7. The molecule has 0 bridgehead atoms. The summed E-state index contributed by atoms with van der Waals surface area (Å²) in [6, 6.07) is 104. The summed E-state index contributed by atoms with van der Waals surface area (Å²) in [6.45, 7) is 9.54. The first-order valence-corrected chi connectivity index (χ1v) is 29.1. The van der Waals surface area contributed by atoms with Crippen molar-refractivity contribution in [2.45, 2.75) is 49.4 Å². The normalized spacial score (nSPS) is 15.5. The number of benzene rings is 12. The maximum Gasteiger partial charge on any atom is 0.0748 e. The highest BCUT2D eigenvalue weighted by Gasteiger charge is 2.54. The van der Waals surface area contributed by atoms with Gasteiger partial charge in [-0.3, -0.25) is 0 Å². The van der Waals surface area contributed by atoms with Gasteiger partial charge in [-0.2, -0.15) is 0 Å².